The summed E-state index contributed by atoms with van der Waals surface area (Å²) in [4.78, 5) is 12.5. The largest absolute Gasteiger partial charge is 0.508 e. The van der Waals surface area contributed by atoms with Gasteiger partial charge in [-0.3, -0.25) is 0 Å². The standard InChI is InChI=1S/C17H16N4O/c1-2-14-15(12-7-19-10-20-8-12)9-21-17(18)16(14)11-3-5-13(22)6-4-11/h3-10,22H,2H2,1H3,(H2,18,21). The number of nitrogen functional groups attached to an aromatic ring is 1. The Kier molecular flexibility index (Phi) is 3.70. The molecule has 0 amide bonds. The van der Waals surface area contributed by atoms with Crippen molar-refractivity contribution in [1.82, 2.24) is 15.0 Å². The number of nitrogens with zero attached hydrogens (tertiary/aromatic N) is 3. The third-order valence-electron chi connectivity index (χ3n) is 3.60. The fourth-order valence-electron chi connectivity index (χ4n) is 2.57. The van der Waals surface area contributed by atoms with Gasteiger partial charge in [0.15, 0.2) is 0 Å². The van der Waals surface area contributed by atoms with E-state index >= 15 is 0 Å². The summed E-state index contributed by atoms with van der Waals surface area (Å²) in [5.41, 5.74) is 10.9. The number of benzene rings is 1. The highest BCUT2D eigenvalue weighted by Gasteiger charge is 2.15. The van der Waals surface area contributed by atoms with Crippen LogP contribution in [0.2, 0.25) is 0 Å². The molecule has 3 rings (SSSR count). The van der Waals surface area contributed by atoms with Crippen LogP contribution in [0.25, 0.3) is 22.3 Å². The molecule has 0 fully saturated rings. The number of nitrogens with two attached hydrogens (primary N) is 1. The van der Waals surface area contributed by atoms with Crippen LogP contribution in [0.1, 0.15) is 12.5 Å². The number of rotatable bonds is 3. The third kappa shape index (κ3) is 2.48. The van der Waals surface area contributed by atoms with E-state index in [0.29, 0.717) is 5.82 Å². The predicted molar refractivity (Wildman–Crippen MR) is 86.2 cm³/mol. The minimum Gasteiger partial charge on any atom is -0.508 e. The molecule has 0 unspecified atom stereocenters. The van der Waals surface area contributed by atoms with Crippen molar-refractivity contribution in [3.05, 3.63) is 54.7 Å². The Morgan fingerprint density at radius 3 is 2.32 bits per heavy atom. The number of phenolic OH excluding ortho intramolecular Hbond substituents is 1. The Hall–Kier alpha value is -2.95. The van der Waals surface area contributed by atoms with E-state index < -0.39 is 0 Å². The molecule has 1 aromatic carbocycles. The Morgan fingerprint density at radius 1 is 1.00 bits per heavy atom. The van der Waals surface area contributed by atoms with Gasteiger partial charge in [0, 0.05) is 35.3 Å². The molecule has 0 saturated carbocycles. The van der Waals surface area contributed by atoms with Crippen LogP contribution in [-0.2, 0) is 6.42 Å². The normalized spacial score (nSPS) is 10.6. The lowest BCUT2D eigenvalue weighted by Gasteiger charge is -2.15. The Morgan fingerprint density at radius 2 is 1.68 bits per heavy atom. The highest BCUT2D eigenvalue weighted by Crippen LogP contribution is 2.35. The molecule has 0 atom stereocenters. The maximum atomic E-state index is 9.47. The topological polar surface area (TPSA) is 84.9 Å². The first kappa shape index (κ1) is 14.0. The van der Waals surface area contributed by atoms with Crippen molar-refractivity contribution in [3.63, 3.8) is 0 Å². The maximum absolute atomic E-state index is 9.47. The van der Waals surface area contributed by atoms with Crippen LogP contribution >= 0.6 is 0 Å². The fourth-order valence-corrected chi connectivity index (χ4v) is 2.57. The second-order valence-corrected chi connectivity index (χ2v) is 4.94. The number of hydrogen-bond donors (Lipinski definition) is 2. The van der Waals surface area contributed by atoms with Crippen LogP contribution in [0.5, 0.6) is 5.75 Å². The Labute approximate surface area is 128 Å². The molecule has 5 nitrogen and oxygen atoms in total. The summed E-state index contributed by atoms with van der Waals surface area (Å²) in [6.07, 6.45) is 7.59. The van der Waals surface area contributed by atoms with Gasteiger partial charge in [-0.25, -0.2) is 15.0 Å². The quantitative estimate of drug-likeness (QED) is 0.775. The SMILES string of the molecule is CCc1c(-c2cncnc2)cnc(N)c1-c1ccc(O)cc1. The first-order valence-corrected chi connectivity index (χ1v) is 7.02. The zero-order valence-corrected chi connectivity index (χ0v) is 12.2. The van der Waals surface area contributed by atoms with Gasteiger partial charge in [0.05, 0.1) is 0 Å². The van der Waals surface area contributed by atoms with Crippen LogP contribution in [0.4, 0.5) is 5.82 Å². The average molecular weight is 292 g/mol. The van der Waals surface area contributed by atoms with Crippen LogP contribution < -0.4 is 5.73 Å². The first-order chi connectivity index (χ1) is 10.7. The van der Waals surface area contributed by atoms with Crippen molar-refractivity contribution in [1.29, 1.82) is 0 Å². The summed E-state index contributed by atoms with van der Waals surface area (Å²) < 4.78 is 0. The number of phenols is 1. The second-order valence-electron chi connectivity index (χ2n) is 4.94. The number of aromatic nitrogens is 3. The van der Waals surface area contributed by atoms with Gasteiger partial charge in [-0.1, -0.05) is 19.1 Å². The number of anilines is 1. The van der Waals surface area contributed by atoms with Gasteiger partial charge in [-0.05, 0) is 29.7 Å². The molecule has 0 spiro atoms. The summed E-state index contributed by atoms with van der Waals surface area (Å²) in [6.45, 7) is 2.08. The molecule has 2 aromatic heterocycles. The third-order valence-corrected chi connectivity index (χ3v) is 3.60. The van der Waals surface area contributed by atoms with E-state index in [1.807, 2.05) is 12.1 Å². The molecule has 0 aliphatic carbocycles. The van der Waals surface area contributed by atoms with Crippen molar-refractivity contribution >= 4 is 5.82 Å². The molecule has 0 aliphatic rings. The van der Waals surface area contributed by atoms with Crippen LogP contribution in [0, 0.1) is 0 Å². The summed E-state index contributed by atoms with van der Waals surface area (Å²) in [5, 5.41) is 9.47. The van der Waals surface area contributed by atoms with Gasteiger partial charge in [0.1, 0.15) is 17.9 Å². The molecule has 0 bridgehead atoms. The molecule has 22 heavy (non-hydrogen) atoms. The smallest absolute Gasteiger partial charge is 0.131 e. The molecule has 0 radical (unpaired) electrons. The van der Waals surface area contributed by atoms with Gasteiger partial charge in [0.25, 0.3) is 0 Å². The van der Waals surface area contributed by atoms with E-state index in [-0.39, 0.29) is 5.75 Å². The van der Waals surface area contributed by atoms with Crippen molar-refractivity contribution in [2.75, 3.05) is 5.73 Å². The van der Waals surface area contributed by atoms with E-state index in [1.165, 1.54) is 6.33 Å². The number of aromatic hydroxyl groups is 1. The van der Waals surface area contributed by atoms with Crippen molar-refractivity contribution in [3.8, 4) is 28.0 Å². The molecule has 5 heteroatoms. The first-order valence-electron chi connectivity index (χ1n) is 7.02. The molecule has 3 N–H and O–H groups in total. The minimum atomic E-state index is 0.223. The van der Waals surface area contributed by atoms with E-state index in [9.17, 15) is 5.11 Å². The van der Waals surface area contributed by atoms with Crippen LogP contribution in [0.15, 0.2) is 49.2 Å². The zero-order valence-electron chi connectivity index (χ0n) is 12.2. The molecule has 110 valence electrons. The molecule has 0 saturated heterocycles. The lowest BCUT2D eigenvalue weighted by atomic mass is 9.93. The highest BCUT2D eigenvalue weighted by atomic mass is 16.3. The average Bonchev–Trinajstić information content (AvgIpc) is 2.56. The molecule has 3 aromatic rings. The van der Waals surface area contributed by atoms with Gasteiger partial charge in [0.2, 0.25) is 0 Å². The Bertz CT molecular complexity index is 786. The lowest BCUT2D eigenvalue weighted by molar-refractivity contribution is 0.475. The molecular formula is C17H16N4O. The fraction of sp³-hybridized carbons (Fsp3) is 0.118. The van der Waals surface area contributed by atoms with Crippen LogP contribution in [0.3, 0.4) is 0 Å². The number of pyridine rings is 1. The predicted octanol–water partition coefficient (Wildman–Crippen LogP) is 3.06. The summed E-state index contributed by atoms with van der Waals surface area (Å²) in [5.74, 6) is 0.698. The summed E-state index contributed by atoms with van der Waals surface area (Å²) >= 11 is 0. The maximum Gasteiger partial charge on any atom is 0.131 e. The van der Waals surface area contributed by atoms with E-state index in [2.05, 4.69) is 21.9 Å². The summed E-state index contributed by atoms with van der Waals surface area (Å²) in [7, 11) is 0. The van der Waals surface area contributed by atoms with Gasteiger partial charge in [-0.2, -0.15) is 0 Å². The van der Waals surface area contributed by atoms with E-state index in [1.54, 1.807) is 30.7 Å². The van der Waals surface area contributed by atoms with Gasteiger partial charge < -0.3 is 10.8 Å². The van der Waals surface area contributed by atoms with Crippen molar-refractivity contribution < 1.29 is 5.11 Å². The minimum absolute atomic E-state index is 0.223. The molecule has 0 aliphatic heterocycles. The number of hydrogen-bond acceptors (Lipinski definition) is 5. The van der Waals surface area contributed by atoms with Crippen LogP contribution in [-0.4, -0.2) is 20.1 Å². The monoisotopic (exact) mass is 292 g/mol. The van der Waals surface area contributed by atoms with E-state index in [0.717, 1.165) is 34.2 Å². The lowest BCUT2D eigenvalue weighted by Crippen LogP contribution is -2.01. The van der Waals surface area contributed by atoms with Crippen molar-refractivity contribution in [2.24, 2.45) is 0 Å². The summed E-state index contributed by atoms with van der Waals surface area (Å²) in [6, 6.07) is 6.97. The van der Waals surface area contributed by atoms with Gasteiger partial charge >= 0.3 is 0 Å². The Balaban J connectivity index is 2.24. The zero-order chi connectivity index (χ0) is 15.5. The second kappa shape index (κ2) is 5.81. The van der Waals surface area contributed by atoms with Crippen molar-refractivity contribution in [2.45, 2.75) is 13.3 Å². The van der Waals surface area contributed by atoms with E-state index in [4.69, 9.17) is 5.73 Å². The highest BCUT2D eigenvalue weighted by molar-refractivity contribution is 5.84. The van der Waals surface area contributed by atoms with Gasteiger partial charge in [-0.15, -0.1) is 0 Å². The molecule has 2 heterocycles. The molecular weight excluding hydrogens is 276 g/mol.